The SMILES string of the molecule is COc1c(Cl)cc(C(=O)N[C@@H](C)C(=O)N2CCC[C@H]2C(=O)NC2CC(=O)OC2OCc2ccccc2)cc1Cl. The standard InChI is InChI=1S/C27H29Cl2N3O7/c1-15(30-24(34)17-11-18(28)23(37-2)19(29)12-17)26(36)32-10-6-9-21(32)25(35)31-20-13-22(33)39-27(20)38-14-16-7-4-3-5-8-16/h3-5,7-8,11-12,15,20-21,27H,6,9-10,13-14H2,1-2H3,(H,30,34)(H,31,35)/t15-,20?,21-,27?/m0/s1. The topological polar surface area (TPSA) is 123 Å². The summed E-state index contributed by atoms with van der Waals surface area (Å²) in [6, 6.07) is 9.80. The molecule has 2 N–H and O–H groups in total. The Morgan fingerprint density at radius 3 is 2.51 bits per heavy atom. The molecule has 0 aliphatic carbocycles. The first-order valence-electron chi connectivity index (χ1n) is 12.5. The van der Waals surface area contributed by atoms with Crippen LogP contribution in [0.5, 0.6) is 5.75 Å². The molecule has 3 amide bonds. The molecule has 0 spiro atoms. The number of carbonyl (C=O) groups excluding carboxylic acids is 4. The normalized spacial score (nSPS) is 21.3. The molecule has 4 rings (SSSR count). The van der Waals surface area contributed by atoms with Crippen molar-refractivity contribution < 1.29 is 33.4 Å². The molecule has 2 aliphatic rings. The predicted octanol–water partition coefficient (Wildman–Crippen LogP) is 3.09. The Hall–Kier alpha value is -3.34. The highest BCUT2D eigenvalue weighted by Crippen LogP contribution is 2.33. The maximum atomic E-state index is 13.2. The molecule has 2 aliphatic heterocycles. The number of carbonyl (C=O) groups is 4. The Balaban J connectivity index is 1.36. The van der Waals surface area contributed by atoms with Gasteiger partial charge in [-0.1, -0.05) is 53.5 Å². The molecule has 10 nitrogen and oxygen atoms in total. The molecule has 2 aromatic rings. The molecule has 4 atom stereocenters. The first-order valence-corrected chi connectivity index (χ1v) is 13.2. The first kappa shape index (κ1) is 28.7. The van der Waals surface area contributed by atoms with Crippen molar-refractivity contribution >= 4 is 46.9 Å². The highest BCUT2D eigenvalue weighted by atomic mass is 35.5. The van der Waals surface area contributed by atoms with E-state index in [1.54, 1.807) is 0 Å². The molecule has 0 aromatic heterocycles. The fourth-order valence-electron chi connectivity index (χ4n) is 4.62. The minimum atomic E-state index is -0.937. The second-order valence-electron chi connectivity index (χ2n) is 9.33. The van der Waals surface area contributed by atoms with E-state index in [1.165, 1.54) is 31.1 Å². The van der Waals surface area contributed by atoms with Gasteiger partial charge < -0.3 is 29.7 Å². The molecule has 2 fully saturated rings. The summed E-state index contributed by atoms with van der Waals surface area (Å²) in [7, 11) is 1.41. The van der Waals surface area contributed by atoms with Crippen LogP contribution in [-0.2, 0) is 30.5 Å². The summed E-state index contributed by atoms with van der Waals surface area (Å²) >= 11 is 12.3. The maximum Gasteiger partial charge on any atom is 0.310 e. The van der Waals surface area contributed by atoms with Crippen LogP contribution < -0.4 is 15.4 Å². The van der Waals surface area contributed by atoms with Gasteiger partial charge >= 0.3 is 5.97 Å². The predicted molar refractivity (Wildman–Crippen MR) is 142 cm³/mol. The van der Waals surface area contributed by atoms with Crippen LogP contribution in [0.1, 0.15) is 42.1 Å². The molecule has 208 valence electrons. The Morgan fingerprint density at radius 1 is 1.15 bits per heavy atom. The molecule has 0 radical (unpaired) electrons. The van der Waals surface area contributed by atoms with Crippen LogP contribution in [0.3, 0.4) is 0 Å². The van der Waals surface area contributed by atoms with E-state index in [1.807, 2.05) is 30.3 Å². The van der Waals surface area contributed by atoms with Gasteiger partial charge in [0, 0.05) is 12.1 Å². The van der Waals surface area contributed by atoms with Gasteiger partial charge in [0.1, 0.15) is 18.1 Å². The Morgan fingerprint density at radius 2 is 1.85 bits per heavy atom. The monoisotopic (exact) mass is 577 g/mol. The van der Waals surface area contributed by atoms with Gasteiger partial charge in [-0.3, -0.25) is 19.2 Å². The van der Waals surface area contributed by atoms with Crippen LogP contribution in [0.4, 0.5) is 0 Å². The van der Waals surface area contributed by atoms with Gasteiger partial charge in [0.25, 0.3) is 5.91 Å². The summed E-state index contributed by atoms with van der Waals surface area (Å²) in [5.74, 6) is -1.62. The Kier molecular flexibility index (Phi) is 9.32. The zero-order valence-electron chi connectivity index (χ0n) is 21.4. The smallest absolute Gasteiger partial charge is 0.310 e. The summed E-state index contributed by atoms with van der Waals surface area (Å²) in [5.41, 5.74) is 1.06. The number of hydrogen-bond acceptors (Lipinski definition) is 7. The average molecular weight is 578 g/mol. The highest BCUT2D eigenvalue weighted by Gasteiger charge is 2.41. The van der Waals surface area contributed by atoms with Gasteiger partial charge in [0.05, 0.1) is 30.2 Å². The van der Waals surface area contributed by atoms with E-state index in [4.69, 9.17) is 37.4 Å². The van der Waals surface area contributed by atoms with Crippen LogP contribution in [0.2, 0.25) is 10.0 Å². The summed E-state index contributed by atoms with van der Waals surface area (Å²) < 4.78 is 16.1. The minimum absolute atomic E-state index is 0.0364. The van der Waals surface area contributed by atoms with Gasteiger partial charge in [-0.2, -0.15) is 0 Å². The van der Waals surface area contributed by atoms with Crippen LogP contribution in [0.15, 0.2) is 42.5 Å². The van der Waals surface area contributed by atoms with E-state index in [0.717, 1.165) is 5.56 Å². The number of cyclic esters (lactones) is 1. The summed E-state index contributed by atoms with van der Waals surface area (Å²) in [4.78, 5) is 52.6. The van der Waals surface area contributed by atoms with Crippen LogP contribution >= 0.6 is 23.2 Å². The molecule has 0 bridgehead atoms. The largest absolute Gasteiger partial charge is 0.494 e. The highest BCUT2D eigenvalue weighted by molar-refractivity contribution is 6.37. The Bertz CT molecular complexity index is 1220. The van der Waals surface area contributed by atoms with Gasteiger partial charge in [-0.05, 0) is 37.5 Å². The van der Waals surface area contributed by atoms with Crippen LogP contribution in [-0.4, -0.2) is 66.7 Å². The molecule has 2 saturated heterocycles. The molecule has 39 heavy (non-hydrogen) atoms. The zero-order valence-corrected chi connectivity index (χ0v) is 23.0. The lowest BCUT2D eigenvalue weighted by Gasteiger charge is -2.28. The van der Waals surface area contributed by atoms with Crippen molar-refractivity contribution in [2.75, 3.05) is 13.7 Å². The van der Waals surface area contributed by atoms with Gasteiger partial charge in [0.2, 0.25) is 18.1 Å². The summed E-state index contributed by atoms with van der Waals surface area (Å²) in [5, 5.41) is 5.77. The van der Waals surface area contributed by atoms with Crippen molar-refractivity contribution in [3.63, 3.8) is 0 Å². The van der Waals surface area contributed by atoms with Crippen LogP contribution in [0.25, 0.3) is 0 Å². The maximum absolute atomic E-state index is 13.2. The summed E-state index contributed by atoms with van der Waals surface area (Å²) in [6.45, 7) is 2.10. The average Bonchev–Trinajstić information content (AvgIpc) is 3.53. The van der Waals surface area contributed by atoms with Crippen molar-refractivity contribution in [2.24, 2.45) is 0 Å². The molecular weight excluding hydrogens is 549 g/mol. The van der Waals surface area contributed by atoms with E-state index in [9.17, 15) is 19.2 Å². The minimum Gasteiger partial charge on any atom is -0.494 e. The van der Waals surface area contributed by atoms with Crippen molar-refractivity contribution in [2.45, 2.75) is 57.2 Å². The lowest BCUT2D eigenvalue weighted by molar-refractivity contribution is -0.168. The molecule has 2 unspecified atom stereocenters. The lowest BCUT2D eigenvalue weighted by Crippen LogP contribution is -2.54. The third kappa shape index (κ3) is 6.81. The fourth-order valence-corrected chi connectivity index (χ4v) is 5.26. The number of benzene rings is 2. The number of nitrogens with zero attached hydrogens (tertiary/aromatic N) is 1. The molecule has 0 saturated carbocycles. The molecule has 2 aromatic carbocycles. The van der Waals surface area contributed by atoms with Crippen molar-refractivity contribution in [1.29, 1.82) is 0 Å². The van der Waals surface area contributed by atoms with Gasteiger partial charge in [-0.25, -0.2) is 0 Å². The number of esters is 1. The van der Waals surface area contributed by atoms with E-state index < -0.39 is 48.1 Å². The fraction of sp³-hybridized carbons (Fsp3) is 0.407. The lowest BCUT2D eigenvalue weighted by atomic mass is 10.1. The number of amides is 3. The van der Waals surface area contributed by atoms with Crippen molar-refractivity contribution in [3.8, 4) is 5.75 Å². The Labute approximate surface area is 235 Å². The molecule has 2 heterocycles. The van der Waals surface area contributed by atoms with Gasteiger partial charge in [-0.15, -0.1) is 0 Å². The number of hydrogen-bond donors (Lipinski definition) is 2. The number of halogens is 2. The number of methoxy groups -OCH3 is 1. The van der Waals surface area contributed by atoms with E-state index in [-0.39, 0.29) is 34.4 Å². The van der Waals surface area contributed by atoms with E-state index in [2.05, 4.69) is 10.6 Å². The molecule has 12 heteroatoms. The number of nitrogens with one attached hydrogen (secondary N) is 2. The number of likely N-dealkylation sites (tertiary alicyclic amines) is 1. The second-order valence-corrected chi connectivity index (χ2v) is 10.1. The second kappa shape index (κ2) is 12.7. The number of ether oxygens (including phenoxy) is 3. The van der Waals surface area contributed by atoms with E-state index in [0.29, 0.717) is 19.4 Å². The van der Waals surface area contributed by atoms with Crippen molar-refractivity contribution in [1.82, 2.24) is 15.5 Å². The van der Waals surface area contributed by atoms with E-state index >= 15 is 0 Å². The van der Waals surface area contributed by atoms with Gasteiger partial charge in [0.15, 0.2) is 5.75 Å². The third-order valence-electron chi connectivity index (χ3n) is 6.57. The number of rotatable bonds is 9. The molecular formula is C27H29Cl2N3O7. The zero-order chi connectivity index (χ0) is 28.1. The first-order chi connectivity index (χ1) is 18.7. The van der Waals surface area contributed by atoms with Crippen molar-refractivity contribution in [3.05, 3.63) is 63.6 Å². The van der Waals surface area contributed by atoms with Crippen LogP contribution in [0, 0.1) is 0 Å². The summed E-state index contributed by atoms with van der Waals surface area (Å²) in [6.07, 6.45) is 0.0838. The third-order valence-corrected chi connectivity index (χ3v) is 7.13. The quantitative estimate of drug-likeness (QED) is 0.439.